The van der Waals surface area contributed by atoms with Crippen LogP contribution in [0.4, 0.5) is 0 Å². The van der Waals surface area contributed by atoms with Gasteiger partial charge < -0.3 is 4.57 Å². The van der Waals surface area contributed by atoms with Crippen LogP contribution in [0.15, 0.2) is 127 Å². The van der Waals surface area contributed by atoms with Crippen LogP contribution in [0.5, 0.6) is 0 Å². The number of imidazole rings is 1. The third kappa shape index (κ3) is 4.83. The maximum atomic E-state index is 5.40. The van der Waals surface area contributed by atoms with Crippen LogP contribution >= 0.6 is 0 Å². The number of hydrogen-bond acceptors (Lipinski definition) is 1. The maximum absolute atomic E-state index is 5.40. The summed E-state index contributed by atoms with van der Waals surface area (Å²) >= 11 is 0. The van der Waals surface area contributed by atoms with Crippen LogP contribution in [0.25, 0.3) is 44.7 Å². The highest BCUT2D eigenvalue weighted by Crippen LogP contribution is 2.40. The van der Waals surface area contributed by atoms with E-state index >= 15 is 0 Å². The molecule has 2 nitrogen and oxygen atoms in total. The van der Waals surface area contributed by atoms with Crippen LogP contribution in [0.1, 0.15) is 25.0 Å². The van der Waals surface area contributed by atoms with E-state index in [1.807, 2.05) is 13.8 Å². The zero-order valence-corrected chi connectivity index (χ0v) is 21.7. The van der Waals surface area contributed by atoms with Crippen molar-refractivity contribution in [3.05, 3.63) is 139 Å². The fourth-order valence-corrected chi connectivity index (χ4v) is 4.93. The van der Waals surface area contributed by atoms with Gasteiger partial charge in [0.1, 0.15) is 5.82 Å². The van der Waals surface area contributed by atoms with E-state index in [9.17, 15) is 0 Å². The Kier molecular flexibility index (Phi) is 7.28. The lowest BCUT2D eigenvalue weighted by atomic mass is 9.99. The molecule has 0 fully saturated rings. The van der Waals surface area contributed by atoms with E-state index < -0.39 is 0 Å². The van der Waals surface area contributed by atoms with Gasteiger partial charge in [0, 0.05) is 23.2 Å². The van der Waals surface area contributed by atoms with E-state index in [-0.39, 0.29) is 0 Å². The van der Waals surface area contributed by atoms with Gasteiger partial charge in [0.2, 0.25) is 0 Å². The first-order valence-electron chi connectivity index (χ1n) is 13.0. The Morgan fingerprint density at radius 2 is 1.16 bits per heavy atom. The smallest absolute Gasteiger partial charge is 0.142 e. The highest BCUT2D eigenvalue weighted by molar-refractivity contribution is 5.98. The molecular weight excluding hydrogens is 448 g/mol. The molecule has 0 aliphatic carbocycles. The molecule has 0 spiro atoms. The van der Waals surface area contributed by atoms with Crippen molar-refractivity contribution in [3.63, 3.8) is 0 Å². The summed E-state index contributed by atoms with van der Waals surface area (Å²) in [7, 11) is 0. The Hall–Kier alpha value is -4.43. The van der Waals surface area contributed by atoms with Gasteiger partial charge in [-0.2, -0.15) is 0 Å². The lowest BCUT2D eigenvalue weighted by Gasteiger charge is -2.16. The molecular formula is C35H32N2. The minimum atomic E-state index is 0.739. The SMILES string of the molecule is CC.Cc1ccc2ccccc2c1-c1nc(-c2ccccc2)c(-c2ccccc2)n1Cc1ccccc1. The van der Waals surface area contributed by atoms with Crippen molar-refractivity contribution in [2.75, 3.05) is 0 Å². The zero-order chi connectivity index (χ0) is 25.6. The van der Waals surface area contributed by atoms with E-state index in [0.717, 1.165) is 29.3 Å². The van der Waals surface area contributed by atoms with Crippen LogP contribution in [-0.4, -0.2) is 9.55 Å². The predicted octanol–water partition coefficient (Wildman–Crippen LogP) is 9.42. The molecule has 0 saturated heterocycles. The number of aryl methyl sites for hydroxylation is 1. The standard InChI is InChI=1S/C33H26N2.C2H6/c1-24-21-22-26-15-11-12-20-29(26)30(24)33-34-31(27-16-7-3-8-17-27)32(28-18-9-4-10-19-28)35(33)23-25-13-5-2-6-14-25;1-2/h2-22H,23H2,1H3;1-2H3. The van der Waals surface area contributed by atoms with Gasteiger partial charge in [-0.15, -0.1) is 0 Å². The molecule has 6 rings (SSSR count). The average molecular weight is 481 g/mol. The Labute approximate surface area is 219 Å². The molecule has 0 unspecified atom stereocenters. The van der Waals surface area contributed by atoms with E-state index in [1.54, 1.807) is 0 Å². The molecule has 0 atom stereocenters. The van der Waals surface area contributed by atoms with Crippen molar-refractivity contribution in [1.29, 1.82) is 0 Å². The molecule has 5 aromatic carbocycles. The van der Waals surface area contributed by atoms with Crippen molar-refractivity contribution in [2.24, 2.45) is 0 Å². The quantitative estimate of drug-likeness (QED) is 0.240. The van der Waals surface area contributed by atoms with Gasteiger partial charge in [-0.3, -0.25) is 0 Å². The van der Waals surface area contributed by atoms with Crippen LogP contribution in [0.3, 0.4) is 0 Å². The van der Waals surface area contributed by atoms with Crippen LogP contribution in [-0.2, 0) is 6.54 Å². The first-order valence-corrected chi connectivity index (χ1v) is 13.0. The van der Waals surface area contributed by atoms with E-state index in [2.05, 4.69) is 139 Å². The first kappa shape index (κ1) is 24.3. The van der Waals surface area contributed by atoms with Gasteiger partial charge in [-0.1, -0.05) is 141 Å². The maximum Gasteiger partial charge on any atom is 0.142 e. The molecule has 6 aromatic rings. The topological polar surface area (TPSA) is 17.8 Å². The third-order valence-corrected chi connectivity index (χ3v) is 6.61. The molecule has 0 bridgehead atoms. The molecule has 0 saturated carbocycles. The summed E-state index contributed by atoms with van der Waals surface area (Å²) in [5, 5.41) is 2.45. The molecule has 0 N–H and O–H groups in total. The van der Waals surface area contributed by atoms with Gasteiger partial charge in [-0.25, -0.2) is 4.98 Å². The van der Waals surface area contributed by atoms with Gasteiger partial charge in [0.15, 0.2) is 0 Å². The predicted molar refractivity (Wildman–Crippen MR) is 158 cm³/mol. The number of rotatable bonds is 5. The summed E-state index contributed by atoms with van der Waals surface area (Å²) in [6.45, 7) is 6.93. The number of hydrogen-bond donors (Lipinski definition) is 0. The zero-order valence-electron chi connectivity index (χ0n) is 21.7. The Balaban J connectivity index is 0.00000137. The number of aromatic nitrogens is 2. The van der Waals surface area contributed by atoms with E-state index in [4.69, 9.17) is 4.98 Å². The van der Waals surface area contributed by atoms with Crippen molar-refractivity contribution in [1.82, 2.24) is 9.55 Å². The van der Waals surface area contributed by atoms with Gasteiger partial charge in [0.05, 0.1) is 11.4 Å². The highest BCUT2D eigenvalue weighted by Gasteiger charge is 2.23. The largest absolute Gasteiger partial charge is 0.319 e. The Morgan fingerprint density at radius 3 is 1.84 bits per heavy atom. The van der Waals surface area contributed by atoms with Crippen LogP contribution in [0, 0.1) is 6.92 Å². The van der Waals surface area contributed by atoms with Crippen molar-refractivity contribution in [3.8, 4) is 33.9 Å². The minimum absolute atomic E-state index is 0.739. The van der Waals surface area contributed by atoms with Crippen LogP contribution in [0.2, 0.25) is 0 Å². The minimum Gasteiger partial charge on any atom is -0.319 e. The molecule has 0 aliphatic heterocycles. The first-order chi connectivity index (χ1) is 18.3. The lowest BCUT2D eigenvalue weighted by Crippen LogP contribution is -2.05. The molecule has 1 aromatic heterocycles. The molecule has 0 aliphatic rings. The summed E-state index contributed by atoms with van der Waals surface area (Å²) in [6, 6.07) is 44.9. The van der Waals surface area contributed by atoms with E-state index in [1.165, 1.54) is 33.0 Å². The van der Waals surface area contributed by atoms with E-state index in [0.29, 0.717) is 0 Å². The van der Waals surface area contributed by atoms with Gasteiger partial charge in [0.25, 0.3) is 0 Å². The second-order valence-electron chi connectivity index (χ2n) is 8.92. The molecule has 2 heteroatoms. The number of benzene rings is 5. The van der Waals surface area contributed by atoms with Crippen LogP contribution < -0.4 is 0 Å². The lowest BCUT2D eigenvalue weighted by molar-refractivity contribution is 0.814. The molecule has 0 amide bonds. The Morgan fingerprint density at radius 1 is 0.595 bits per heavy atom. The summed E-state index contributed by atoms with van der Waals surface area (Å²) in [6.07, 6.45) is 0. The van der Waals surface area contributed by atoms with Crippen molar-refractivity contribution < 1.29 is 0 Å². The normalized spacial score (nSPS) is 10.7. The number of nitrogens with zero attached hydrogens (tertiary/aromatic N) is 2. The highest BCUT2D eigenvalue weighted by atomic mass is 15.1. The fraction of sp³-hybridized carbons (Fsp3) is 0.114. The summed E-state index contributed by atoms with van der Waals surface area (Å²) in [5.41, 5.74) is 8.11. The molecule has 37 heavy (non-hydrogen) atoms. The summed E-state index contributed by atoms with van der Waals surface area (Å²) < 4.78 is 2.40. The van der Waals surface area contributed by atoms with Crippen molar-refractivity contribution in [2.45, 2.75) is 27.3 Å². The second-order valence-corrected chi connectivity index (χ2v) is 8.92. The Bertz CT molecular complexity index is 1600. The molecule has 182 valence electrons. The second kappa shape index (κ2) is 11.1. The average Bonchev–Trinajstić information content (AvgIpc) is 3.34. The summed E-state index contributed by atoms with van der Waals surface area (Å²) in [5.74, 6) is 1.00. The van der Waals surface area contributed by atoms with Gasteiger partial charge >= 0.3 is 0 Å². The third-order valence-electron chi connectivity index (χ3n) is 6.61. The number of fused-ring (bicyclic) bond motifs is 1. The summed E-state index contributed by atoms with van der Waals surface area (Å²) in [4.78, 5) is 5.40. The monoisotopic (exact) mass is 480 g/mol. The molecule has 0 radical (unpaired) electrons. The van der Waals surface area contributed by atoms with Crippen molar-refractivity contribution >= 4 is 10.8 Å². The fourth-order valence-electron chi connectivity index (χ4n) is 4.93. The van der Waals surface area contributed by atoms with Gasteiger partial charge in [-0.05, 0) is 28.8 Å². The molecule has 1 heterocycles.